The molecule has 3 N–H and O–H groups in total. The average molecular weight is 376 g/mol. The Kier molecular flexibility index (Phi) is 5.17. The lowest BCUT2D eigenvalue weighted by atomic mass is 9.89. The summed E-state index contributed by atoms with van der Waals surface area (Å²) in [4.78, 5) is 12.0. The summed E-state index contributed by atoms with van der Waals surface area (Å²) in [6.45, 7) is 1.19. The number of carbonyl (C=O) groups is 1. The van der Waals surface area contributed by atoms with Crippen LogP contribution in [0.25, 0.3) is 0 Å². The monoisotopic (exact) mass is 376 g/mol. The van der Waals surface area contributed by atoms with Crippen molar-refractivity contribution in [1.29, 1.82) is 0 Å². The molecule has 0 saturated carbocycles. The first kappa shape index (κ1) is 18.6. The highest BCUT2D eigenvalue weighted by Crippen LogP contribution is 2.35. The molecule has 1 aromatic carbocycles. The Morgan fingerprint density at radius 1 is 1.27 bits per heavy atom. The molecule has 1 saturated heterocycles. The van der Waals surface area contributed by atoms with E-state index in [4.69, 9.17) is 5.73 Å². The number of nitrogens with one attached hydrogen (secondary N) is 1. The van der Waals surface area contributed by atoms with Crippen molar-refractivity contribution in [3.63, 3.8) is 0 Å². The van der Waals surface area contributed by atoms with Crippen molar-refractivity contribution in [1.82, 2.24) is 14.2 Å². The molecule has 0 aliphatic carbocycles. The van der Waals surface area contributed by atoms with Gasteiger partial charge in [0, 0.05) is 39.3 Å². The van der Waals surface area contributed by atoms with E-state index in [1.807, 2.05) is 30.3 Å². The van der Waals surface area contributed by atoms with Crippen LogP contribution in [0.15, 0.2) is 47.5 Å². The van der Waals surface area contributed by atoms with Crippen LogP contribution in [0.3, 0.4) is 0 Å². The molecule has 1 fully saturated rings. The molecule has 0 bridgehead atoms. The average Bonchev–Trinajstić information content (AvgIpc) is 3.26. The van der Waals surface area contributed by atoms with Gasteiger partial charge in [0.2, 0.25) is 10.0 Å². The zero-order valence-electron chi connectivity index (χ0n) is 14.9. The van der Waals surface area contributed by atoms with Crippen molar-refractivity contribution in [2.75, 3.05) is 26.7 Å². The first-order valence-electron chi connectivity index (χ1n) is 8.52. The van der Waals surface area contributed by atoms with Crippen LogP contribution in [-0.4, -0.2) is 49.9 Å². The van der Waals surface area contributed by atoms with E-state index < -0.39 is 10.0 Å². The maximum Gasteiger partial charge on any atom is 0.267 e. The number of rotatable bonds is 5. The second-order valence-electron chi connectivity index (χ2n) is 6.59. The Hall–Kier alpha value is -2.16. The SMILES string of the molecule is CNC(=O)c1cc(S(=O)(=O)N2C[C@@H](CN)[C@H](c3ccccc3)C2)cn1C. The lowest BCUT2D eigenvalue weighted by molar-refractivity contribution is 0.0955. The van der Waals surface area contributed by atoms with Gasteiger partial charge in [-0.1, -0.05) is 30.3 Å². The Morgan fingerprint density at radius 3 is 2.58 bits per heavy atom. The zero-order valence-corrected chi connectivity index (χ0v) is 15.7. The number of hydrogen-bond acceptors (Lipinski definition) is 4. The van der Waals surface area contributed by atoms with Crippen LogP contribution in [0.1, 0.15) is 22.0 Å². The molecule has 2 atom stereocenters. The molecule has 26 heavy (non-hydrogen) atoms. The Labute approximate surface area is 153 Å². The maximum atomic E-state index is 13.1. The van der Waals surface area contributed by atoms with Crippen molar-refractivity contribution in [2.45, 2.75) is 10.8 Å². The molecule has 7 nitrogen and oxygen atoms in total. The Bertz CT molecular complexity index is 892. The molecule has 140 valence electrons. The van der Waals surface area contributed by atoms with Gasteiger partial charge in [0.05, 0.1) is 0 Å². The van der Waals surface area contributed by atoms with Crippen LogP contribution in [0.2, 0.25) is 0 Å². The minimum Gasteiger partial charge on any atom is -0.354 e. The van der Waals surface area contributed by atoms with E-state index in [1.165, 1.54) is 28.2 Å². The molecule has 3 rings (SSSR count). The molecular formula is C18H24N4O3S. The summed E-state index contributed by atoms with van der Waals surface area (Å²) in [6.07, 6.45) is 1.48. The van der Waals surface area contributed by atoms with E-state index in [2.05, 4.69) is 5.32 Å². The van der Waals surface area contributed by atoms with Gasteiger partial charge < -0.3 is 15.6 Å². The fourth-order valence-corrected chi connectivity index (χ4v) is 5.12. The van der Waals surface area contributed by atoms with Crippen LogP contribution >= 0.6 is 0 Å². The van der Waals surface area contributed by atoms with Crippen LogP contribution in [-0.2, 0) is 17.1 Å². The standard InChI is InChI=1S/C18H24N4O3S/c1-20-18(23)17-8-15(11-21(17)2)26(24,25)22-10-14(9-19)16(12-22)13-6-4-3-5-7-13/h3-8,11,14,16H,9-10,12,19H2,1-2H3,(H,20,23)/t14-,16+/m1/s1. The van der Waals surface area contributed by atoms with E-state index in [0.29, 0.717) is 25.3 Å². The third kappa shape index (κ3) is 3.27. The molecule has 1 amide bonds. The highest BCUT2D eigenvalue weighted by molar-refractivity contribution is 7.89. The van der Waals surface area contributed by atoms with Crippen molar-refractivity contribution in [2.24, 2.45) is 18.7 Å². The van der Waals surface area contributed by atoms with E-state index in [9.17, 15) is 13.2 Å². The normalized spacial score (nSPS) is 21.0. The minimum atomic E-state index is -3.69. The van der Waals surface area contributed by atoms with Gasteiger partial charge in [-0.2, -0.15) is 4.31 Å². The van der Waals surface area contributed by atoms with E-state index in [1.54, 1.807) is 7.05 Å². The van der Waals surface area contributed by atoms with Gasteiger partial charge in [-0.05, 0) is 24.1 Å². The third-order valence-electron chi connectivity index (χ3n) is 5.02. The largest absolute Gasteiger partial charge is 0.354 e. The van der Waals surface area contributed by atoms with Crippen molar-refractivity contribution in [3.05, 3.63) is 53.9 Å². The summed E-state index contributed by atoms with van der Waals surface area (Å²) in [5, 5.41) is 2.52. The predicted molar refractivity (Wildman–Crippen MR) is 99.3 cm³/mol. The number of carbonyl (C=O) groups excluding carboxylic acids is 1. The van der Waals surface area contributed by atoms with Crippen LogP contribution in [0.4, 0.5) is 0 Å². The number of nitrogens with zero attached hydrogens (tertiary/aromatic N) is 2. The number of sulfonamides is 1. The van der Waals surface area contributed by atoms with Gasteiger partial charge in [0.25, 0.3) is 5.91 Å². The molecule has 2 aromatic rings. The van der Waals surface area contributed by atoms with Gasteiger partial charge in [-0.25, -0.2) is 8.42 Å². The summed E-state index contributed by atoms with van der Waals surface area (Å²) < 4.78 is 29.2. The van der Waals surface area contributed by atoms with Crippen LogP contribution in [0, 0.1) is 5.92 Å². The number of nitrogens with two attached hydrogens (primary N) is 1. The summed E-state index contributed by atoms with van der Waals surface area (Å²) in [5.41, 5.74) is 7.32. The lowest BCUT2D eigenvalue weighted by Crippen LogP contribution is -2.29. The Balaban J connectivity index is 1.90. The smallest absolute Gasteiger partial charge is 0.267 e. The summed E-state index contributed by atoms with van der Waals surface area (Å²) >= 11 is 0. The van der Waals surface area contributed by atoms with Crippen molar-refractivity contribution >= 4 is 15.9 Å². The second kappa shape index (κ2) is 7.22. The summed E-state index contributed by atoms with van der Waals surface area (Å²) in [5.74, 6) is -0.190. The molecule has 0 radical (unpaired) electrons. The molecule has 0 unspecified atom stereocenters. The first-order valence-corrected chi connectivity index (χ1v) is 9.96. The van der Waals surface area contributed by atoms with Crippen molar-refractivity contribution < 1.29 is 13.2 Å². The molecule has 2 heterocycles. The van der Waals surface area contributed by atoms with E-state index >= 15 is 0 Å². The fourth-order valence-electron chi connectivity index (χ4n) is 3.52. The Morgan fingerprint density at radius 2 is 1.96 bits per heavy atom. The third-order valence-corrected chi connectivity index (χ3v) is 6.81. The number of aromatic nitrogens is 1. The highest BCUT2D eigenvalue weighted by atomic mass is 32.2. The maximum absolute atomic E-state index is 13.1. The highest BCUT2D eigenvalue weighted by Gasteiger charge is 2.39. The molecule has 1 aliphatic rings. The van der Waals surface area contributed by atoms with E-state index in [0.717, 1.165) is 5.56 Å². The van der Waals surface area contributed by atoms with Gasteiger partial charge >= 0.3 is 0 Å². The number of hydrogen-bond donors (Lipinski definition) is 2. The first-order chi connectivity index (χ1) is 12.4. The molecule has 1 aromatic heterocycles. The number of amides is 1. The van der Waals surface area contributed by atoms with Gasteiger partial charge in [0.1, 0.15) is 10.6 Å². The molecule has 8 heteroatoms. The lowest BCUT2D eigenvalue weighted by Gasteiger charge is -2.16. The van der Waals surface area contributed by atoms with Gasteiger partial charge in [-0.15, -0.1) is 0 Å². The fraction of sp³-hybridized carbons (Fsp3) is 0.389. The molecule has 1 aliphatic heterocycles. The summed E-state index contributed by atoms with van der Waals surface area (Å²) in [6, 6.07) is 11.3. The molecule has 0 spiro atoms. The van der Waals surface area contributed by atoms with Gasteiger partial charge in [-0.3, -0.25) is 4.79 Å². The van der Waals surface area contributed by atoms with Crippen LogP contribution < -0.4 is 11.1 Å². The van der Waals surface area contributed by atoms with E-state index in [-0.39, 0.29) is 22.6 Å². The second-order valence-corrected chi connectivity index (χ2v) is 8.52. The predicted octanol–water partition coefficient (Wildman–Crippen LogP) is 0.748. The number of aryl methyl sites for hydroxylation is 1. The van der Waals surface area contributed by atoms with Crippen molar-refractivity contribution in [3.8, 4) is 0 Å². The number of benzene rings is 1. The minimum absolute atomic E-state index is 0.0642. The van der Waals surface area contributed by atoms with Crippen LogP contribution in [0.5, 0.6) is 0 Å². The topological polar surface area (TPSA) is 97.4 Å². The zero-order chi connectivity index (χ0) is 18.9. The quantitative estimate of drug-likeness (QED) is 0.805. The van der Waals surface area contributed by atoms with Gasteiger partial charge in [0.15, 0.2) is 0 Å². The summed E-state index contributed by atoms with van der Waals surface area (Å²) in [7, 11) is -0.519. The molecular weight excluding hydrogens is 352 g/mol.